The molecule has 0 spiro atoms. The molecule has 15 heavy (non-hydrogen) atoms. The minimum absolute atomic E-state index is 0.156. The van der Waals surface area contributed by atoms with Gasteiger partial charge in [-0.3, -0.25) is 15.2 Å². The molecule has 1 aliphatic rings. The number of nitrogens with zero attached hydrogens (tertiary/aromatic N) is 1. The number of rotatable bonds is 2. The zero-order valence-electron chi connectivity index (χ0n) is 7.96. The highest BCUT2D eigenvalue weighted by atomic mass is 19.1. The lowest BCUT2D eigenvalue weighted by molar-refractivity contribution is -0.117. The Hall–Kier alpha value is -1.53. The van der Waals surface area contributed by atoms with Crippen LogP contribution in [0.1, 0.15) is 6.42 Å². The van der Waals surface area contributed by atoms with Crippen molar-refractivity contribution >= 4 is 11.6 Å². The fraction of sp³-hybridized carbons (Fsp3) is 0.333. The van der Waals surface area contributed by atoms with E-state index >= 15 is 0 Å². The van der Waals surface area contributed by atoms with Crippen LogP contribution in [0.5, 0.6) is 0 Å². The largest absolute Gasteiger partial charge is 0.322 e. The highest BCUT2D eigenvalue weighted by Gasteiger charge is 2.22. The van der Waals surface area contributed by atoms with Crippen molar-refractivity contribution < 1.29 is 9.18 Å². The Morgan fingerprint density at radius 2 is 2.53 bits per heavy atom. The summed E-state index contributed by atoms with van der Waals surface area (Å²) in [6.45, 7) is 0.733. The van der Waals surface area contributed by atoms with Gasteiger partial charge in [-0.15, -0.1) is 0 Å². The van der Waals surface area contributed by atoms with Crippen molar-refractivity contribution in [3.05, 3.63) is 24.3 Å². The molecule has 1 fully saturated rings. The molecule has 0 aliphatic carbocycles. The van der Waals surface area contributed by atoms with E-state index in [1.165, 1.54) is 12.3 Å². The highest BCUT2D eigenvalue weighted by Crippen LogP contribution is 2.11. The number of amides is 1. The maximum Gasteiger partial charge on any atom is 0.242 e. The average molecular weight is 210 g/mol. The zero-order chi connectivity index (χ0) is 10.7. The minimum Gasteiger partial charge on any atom is -0.322 e. The Balaban J connectivity index is 2.02. The second-order valence-electron chi connectivity index (χ2n) is 3.26. The van der Waals surface area contributed by atoms with Gasteiger partial charge < -0.3 is 5.32 Å². The molecule has 80 valence electrons. The molecular formula is C9H11FN4O. The number of halogens is 1. The first-order valence-electron chi connectivity index (χ1n) is 4.66. The summed E-state index contributed by atoms with van der Waals surface area (Å²) in [6, 6.07) is 1.12. The number of pyridine rings is 1. The summed E-state index contributed by atoms with van der Waals surface area (Å²) in [5.74, 6) is -0.776. The van der Waals surface area contributed by atoms with E-state index in [4.69, 9.17) is 0 Å². The molecular weight excluding hydrogens is 199 g/mol. The van der Waals surface area contributed by atoms with Gasteiger partial charge in [-0.2, -0.15) is 0 Å². The van der Waals surface area contributed by atoms with Crippen LogP contribution in [-0.2, 0) is 4.79 Å². The molecule has 1 amide bonds. The van der Waals surface area contributed by atoms with Gasteiger partial charge in [-0.25, -0.2) is 9.82 Å². The summed E-state index contributed by atoms with van der Waals surface area (Å²) in [5, 5.41) is 2.50. The third-order valence-electron chi connectivity index (χ3n) is 2.18. The van der Waals surface area contributed by atoms with E-state index in [-0.39, 0.29) is 17.6 Å². The molecule has 1 aliphatic heterocycles. The molecule has 1 atom stereocenters. The minimum atomic E-state index is -0.531. The lowest BCUT2D eigenvalue weighted by Gasteiger charge is -2.10. The predicted molar refractivity (Wildman–Crippen MR) is 52.4 cm³/mol. The molecule has 2 rings (SSSR count). The predicted octanol–water partition coefficient (Wildman–Crippen LogP) is 0.0257. The highest BCUT2D eigenvalue weighted by molar-refractivity contribution is 5.94. The smallest absolute Gasteiger partial charge is 0.242 e. The summed E-state index contributed by atoms with van der Waals surface area (Å²) in [7, 11) is 0. The number of hydrogen-bond donors (Lipinski definition) is 3. The van der Waals surface area contributed by atoms with E-state index in [1.807, 2.05) is 0 Å². The summed E-state index contributed by atoms with van der Waals surface area (Å²) in [4.78, 5) is 15.2. The maximum atomic E-state index is 13.1. The SMILES string of the molecule is O=C(Nc1ccncc1F)C1CCNN1. The van der Waals surface area contributed by atoms with Crippen molar-refractivity contribution in [2.24, 2.45) is 0 Å². The van der Waals surface area contributed by atoms with Gasteiger partial charge in [0.05, 0.1) is 11.9 Å². The first-order valence-corrected chi connectivity index (χ1v) is 4.66. The first kappa shape index (κ1) is 10.0. The van der Waals surface area contributed by atoms with Crippen molar-refractivity contribution in [2.75, 3.05) is 11.9 Å². The van der Waals surface area contributed by atoms with Gasteiger partial charge >= 0.3 is 0 Å². The maximum absolute atomic E-state index is 13.1. The Kier molecular flexibility index (Phi) is 2.89. The van der Waals surface area contributed by atoms with E-state index in [9.17, 15) is 9.18 Å². The van der Waals surface area contributed by atoms with E-state index < -0.39 is 5.82 Å². The van der Waals surface area contributed by atoms with Gasteiger partial charge in [-0.05, 0) is 12.5 Å². The molecule has 6 heteroatoms. The van der Waals surface area contributed by atoms with Gasteiger partial charge in [0.1, 0.15) is 6.04 Å². The Bertz CT molecular complexity index is 365. The molecule has 0 radical (unpaired) electrons. The fourth-order valence-corrected chi connectivity index (χ4v) is 1.38. The van der Waals surface area contributed by atoms with Crippen LogP contribution in [0.25, 0.3) is 0 Å². The van der Waals surface area contributed by atoms with E-state index in [2.05, 4.69) is 21.2 Å². The van der Waals surface area contributed by atoms with Crippen molar-refractivity contribution in [3.63, 3.8) is 0 Å². The molecule has 1 unspecified atom stereocenters. The van der Waals surface area contributed by atoms with Crippen molar-refractivity contribution in [1.29, 1.82) is 0 Å². The van der Waals surface area contributed by atoms with Gasteiger partial charge in [0.2, 0.25) is 5.91 Å². The summed E-state index contributed by atoms with van der Waals surface area (Å²) in [6.07, 6.45) is 3.19. The van der Waals surface area contributed by atoms with Crippen molar-refractivity contribution in [3.8, 4) is 0 Å². The average Bonchev–Trinajstić information content (AvgIpc) is 2.74. The normalized spacial score (nSPS) is 20.2. The molecule has 1 aromatic rings. The number of hydrazine groups is 1. The Morgan fingerprint density at radius 3 is 3.20 bits per heavy atom. The summed E-state index contributed by atoms with van der Waals surface area (Å²) < 4.78 is 13.1. The molecule has 1 aromatic heterocycles. The van der Waals surface area contributed by atoms with Gasteiger partial charge in [-0.1, -0.05) is 0 Å². The molecule has 3 N–H and O–H groups in total. The Labute approximate surface area is 86.1 Å². The summed E-state index contributed by atoms with van der Waals surface area (Å²) >= 11 is 0. The van der Waals surface area contributed by atoms with Crippen LogP contribution in [0.3, 0.4) is 0 Å². The lowest BCUT2D eigenvalue weighted by atomic mass is 10.2. The number of hydrogen-bond acceptors (Lipinski definition) is 4. The third kappa shape index (κ3) is 2.28. The van der Waals surface area contributed by atoms with Crippen LogP contribution < -0.4 is 16.2 Å². The molecule has 5 nitrogen and oxygen atoms in total. The van der Waals surface area contributed by atoms with Crippen LogP contribution in [0, 0.1) is 5.82 Å². The number of anilines is 1. The van der Waals surface area contributed by atoms with E-state index in [0.29, 0.717) is 6.42 Å². The van der Waals surface area contributed by atoms with Crippen LogP contribution in [0.2, 0.25) is 0 Å². The second kappa shape index (κ2) is 4.33. The van der Waals surface area contributed by atoms with Crippen LogP contribution >= 0.6 is 0 Å². The van der Waals surface area contributed by atoms with Crippen LogP contribution in [0.15, 0.2) is 18.5 Å². The quantitative estimate of drug-likeness (QED) is 0.644. The number of carbonyl (C=O) groups excluding carboxylic acids is 1. The topological polar surface area (TPSA) is 66.0 Å². The van der Waals surface area contributed by atoms with E-state index in [1.54, 1.807) is 0 Å². The second-order valence-corrected chi connectivity index (χ2v) is 3.26. The van der Waals surface area contributed by atoms with Crippen molar-refractivity contribution in [1.82, 2.24) is 15.8 Å². The summed E-state index contributed by atoms with van der Waals surface area (Å²) in [5.41, 5.74) is 5.79. The number of aromatic nitrogens is 1. The number of carbonyl (C=O) groups is 1. The monoisotopic (exact) mass is 210 g/mol. The molecule has 2 heterocycles. The number of nitrogens with one attached hydrogen (secondary N) is 3. The third-order valence-corrected chi connectivity index (χ3v) is 2.18. The van der Waals surface area contributed by atoms with Gasteiger partial charge in [0, 0.05) is 12.7 Å². The van der Waals surface area contributed by atoms with Crippen LogP contribution in [-0.4, -0.2) is 23.5 Å². The van der Waals surface area contributed by atoms with Gasteiger partial charge in [0.25, 0.3) is 0 Å². The van der Waals surface area contributed by atoms with Crippen molar-refractivity contribution in [2.45, 2.75) is 12.5 Å². The fourth-order valence-electron chi connectivity index (χ4n) is 1.38. The zero-order valence-corrected chi connectivity index (χ0v) is 7.96. The van der Waals surface area contributed by atoms with Gasteiger partial charge in [0.15, 0.2) is 5.82 Å². The molecule has 1 saturated heterocycles. The first-order chi connectivity index (χ1) is 7.27. The lowest BCUT2D eigenvalue weighted by Crippen LogP contribution is -2.39. The van der Waals surface area contributed by atoms with E-state index in [0.717, 1.165) is 12.7 Å². The Morgan fingerprint density at radius 1 is 1.67 bits per heavy atom. The molecule has 0 saturated carbocycles. The molecule has 0 aromatic carbocycles. The standard InChI is InChI=1S/C9H11FN4O/c10-6-5-11-3-1-7(6)13-9(15)8-2-4-12-14-8/h1,3,5,8,12,14H,2,4H2,(H,11,13,15). The van der Waals surface area contributed by atoms with Crippen LogP contribution in [0.4, 0.5) is 10.1 Å². The molecule has 0 bridgehead atoms.